The predicted molar refractivity (Wildman–Crippen MR) is 58.2 cm³/mol. The Hall–Kier alpha value is -1.26. The first kappa shape index (κ1) is 12.2. The van der Waals surface area contributed by atoms with E-state index in [4.69, 9.17) is 0 Å². The smallest absolute Gasteiger partial charge is 0.0171 e. The molecule has 79 valence electrons. The molecule has 0 bridgehead atoms. The van der Waals surface area contributed by atoms with Gasteiger partial charge in [0.1, 0.15) is 0 Å². The monoisotopic (exact) mass is 295 g/mol. The van der Waals surface area contributed by atoms with Gasteiger partial charge in [0, 0.05) is 38.2 Å². The molecule has 0 unspecified atom stereocenters. The van der Waals surface area contributed by atoms with E-state index in [1.54, 1.807) is 12.3 Å². The Labute approximate surface area is 123 Å². The van der Waals surface area contributed by atoms with Crippen LogP contribution < -0.4 is 0 Å². The van der Waals surface area contributed by atoms with E-state index in [1.807, 2.05) is 24.3 Å². The molecule has 0 saturated heterocycles. The molecule has 0 aliphatic carbocycles. The van der Waals surface area contributed by atoms with E-state index < -0.39 is 0 Å². The van der Waals surface area contributed by atoms with Crippen molar-refractivity contribution in [2.24, 2.45) is 0 Å². The van der Waals surface area contributed by atoms with Crippen LogP contribution in [0.1, 0.15) is 0 Å². The maximum absolute atomic E-state index is 4.39. The molecule has 0 amide bonds. The average Bonchev–Trinajstić information content (AvgIpc) is 2.39. The largest absolute Gasteiger partial charge is 0.395 e. The second-order valence-corrected chi connectivity index (χ2v) is 3.20. The summed E-state index contributed by atoms with van der Waals surface area (Å²) < 4.78 is 0. The third-order valence-electron chi connectivity index (χ3n) is 2.14. The van der Waals surface area contributed by atoms with Gasteiger partial charge < -0.3 is 9.97 Å². The van der Waals surface area contributed by atoms with Gasteiger partial charge in [0.2, 0.25) is 0 Å². The fraction of sp³-hybridized carbons (Fsp3) is 0. The minimum Gasteiger partial charge on any atom is -0.395 e. The molecule has 0 spiro atoms. The van der Waals surface area contributed by atoms with Crippen LogP contribution in [0.2, 0.25) is 0 Å². The maximum Gasteiger partial charge on any atom is 0.0171 e. The molecular formula is C12H6N4Y-2. The number of hydrogen-bond acceptors (Lipinski definition) is 4. The zero-order valence-electron chi connectivity index (χ0n) is 8.83. The Kier molecular flexibility index (Phi) is 3.87. The van der Waals surface area contributed by atoms with E-state index in [-0.39, 0.29) is 32.7 Å². The molecule has 3 aromatic rings. The summed E-state index contributed by atoms with van der Waals surface area (Å²) in [5.74, 6) is 0. The predicted octanol–water partition coefficient (Wildman–Crippen LogP) is 1.68. The third kappa shape index (κ3) is 2.53. The summed E-state index contributed by atoms with van der Waals surface area (Å²) in [7, 11) is 0. The molecule has 2 heterocycles. The van der Waals surface area contributed by atoms with E-state index in [2.05, 4.69) is 32.4 Å². The molecule has 1 radical (unpaired) electrons. The van der Waals surface area contributed by atoms with Gasteiger partial charge in [-0.3, -0.25) is 5.10 Å². The van der Waals surface area contributed by atoms with Gasteiger partial charge >= 0.3 is 0 Å². The first-order valence-electron chi connectivity index (χ1n) is 4.78. The second-order valence-electron chi connectivity index (χ2n) is 3.20. The van der Waals surface area contributed by atoms with Gasteiger partial charge in [-0.2, -0.15) is 6.07 Å². The average molecular weight is 295 g/mol. The van der Waals surface area contributed by atoms with Crippen LogP contribution in [0, 0.1) is 12.3 Å². The summed E-state index contributed by atoms with van der Waals surface area (Å²) in [5.41, 5.74) is 2.75. The fourth-order valence-electron chi connectivity index (χ4n) is 1.40. The number of hydrogen-bond donors (Lipinski definition) is 0. The van der Waals surface area contributed by atoms with Gasteiger partial charge in [0.15, 0.2) is 0 Å². The van der Waals surface area contributed by atoms with Crippen molar-refractivity contribution in [3.63, 3.8) is 0 Å². The topological polar surface area (TPSA) is 51.6 Å². The van der Waals surface area contributed by atoms with Crippen LogP contribution in [0.15, 0.2) is 36.5 Å². The quantitative estimate of drug-likeness (QED) is 0.641. The van der Waals surface area contributed by atoms with Gasteiger partial charge in [0.05, 0.1) is 0 Å². The molecule has 0 aliphatic heterocycles. The number of para-hydroxylation sites is 2. The van der Waals surface area contributed by atoms with Crippen molar-refractivity contribution in [2.45, 2.75) is 0 Å². The summed E-state index contributed by atoms with van der Waals surface area (Å²) in [6.45, 7) is 0. The Bertz CT molecular complexity index is 627. The van der Waals surface area contributed by atoms with Gasteiger partial charge in [-0.25, -0.2) is 11.2 Å². The Morgan fingerprint density at radius 1 is 1.00 bits per heavy atom. The molecule has 1 aromatic carbocycles. The summed E-state index contributed by atoms with van der Waals surface area (Å²) in [5, 5.41) is 7.69. The summed E-state index contributed by atoms with van der Waals surface area (Å²) in [4.78, 5) is 8.58. The molecule has 2 aromatic heterocycles. The fourth-order valence-corrected chi connectivity index (χ4v) is 1.40. The summed E-state index contributed by atoms with van der Waals surface area (Å²) in [6.07, 6.45) is 4.40. The van der Waals surface area contributed by atoms with Crippen molar-refractivity contribution >= 4 is 11.0 Å². The zero-order valence-corrected chi connectivity index (χ0v) is 11.7. The SMILES string of the molecule is [Y].[c-]1ccnnc1-c1[c-]nc2ccccc2n1. The van der Waals surface area contributed by atoms with Crippen LogP contribution in [-0.4, -0.2) is 20.2 Å². The molecule has 17 heavy (non-hydrogen) atoms. The minimum atomic E-state index is 0. The van der Waals surface area contributed by atoms with Crippen LogP contribution in [0.4, 0.5) is 0 Å². The Morgan fingerprint density at radius 3 is 2.59 bits per heavy atom. The van der Waals surface area contributed by atoms with E-state index in [1.165, 1.54) is 0 Å². The normalized spacial score (nSPS) is 9.88. The molecule has 0 saturated carbocycles. The van der Waals surface area contributed by atoms with Crippen molar-refractivity contribution in [3.05, 3.63) is 48.8 Å². The van der Waals surface area contributed by atoms with Crippen molar-refractivity contribution < 1.29 is 32.7 Å². The zero-order chi connectivity index (χ0) is 10.8. The Balaban J connectivity index is 0.00000108. The number of aromatic nitrogens is 4. The molecule has 0 N–H and O–H groups in total. The Morgan fingerprint density at radius 2 is 1.82 bits per heavy atom. The molecule has 4 nitrogen and oxygen atoms in total. The van der Waals surface area contributed by atoms with Gasteiger partial charge in [-0.1, -0.05) is 24.4 Å². The summed E-state index contributed by atoms with van der Waals surface area (Å²) in [6, 6.07) is 12.3. The molecule has 0 atom stereocenters. The van der Waals surface area contributed by atoms with Crippen LogP contribution in [0.5, 0.6) is 0 Å². The molecular weight excluding hydrogens is 289 g/mol. The summed E-state index contributed by atoms with van der Waals surface area (Å²) >= 11 is 0. The first-order chi connectivity index (χ1) is 7.93. The molecule has 0 aliphatic rings. The second kappa shape index (κ2) is 5.38. The third-order valence-corrected chi connectivity index (χ3v) is 2.14. The maximum atomic E-state index is 4.39. The van der Waals surface area contributed by atoms with Crippen LogP contribution >= 0.6 is 0 Å². The van der Waals surface area contributed by atoms with E-state index in [0.717, 1.165) is 11.0 Å². The number of nitrogens with zero attached hydrogens (tertiary/aromatic N) is 4. The van der Waals surface area contributed by atoms with Gasteiger partial charge in [0.25, 0.3) is 0 Å². The van der Waals surface area contributed by atoms with Crippen LogP contribution in [0.3, 0.4) is 0 Å². The minimum absolute atomic E-state index is 0. The van der Waals surface area contributed by atoms with Crippen molar-refractivity contribution in [1.82, 2.24) is 20.2 Å². The molecule has 3 rings (SSSR count). The van der Waals surface area contributed by atoms with E-state index >= 15 is 0 Å². The molecule has 0 fully saturated rings. The van der Waals surface area contributed by atoms with Crippen LogP contribution in [0.25, 0.3) is 22.4 Å². The van der Waals surface area contributed by atoms with Gasteiger partial charge in [-0.05, 0) is 11.6 Å². The molecule has 5 heteroatoms. The van der Waals surface area contributed by atoms with Crippen molar-refractivity contribution in [3.8, 4) is 11.4 Å². The number of rotatable bonds is 1. The van der Waals surface area contributed by atoms with Crippen LogP contribution in [-0.2, 0) is 32.7 Å². The van der Waals surface area contributed by atoms with Crippen molar-refractivity contribution in [1.29, 1.82) is 0 Å². The van der Waals surface area contributed by atoms with E-state index in [9.17, 15) is 0 Å². The van der Waals surface area contributed by atoms with Crippen molar-refractivity contribution in [2.75, 3.05) is 0 Å². The van der Waals surface area contributed by atoms with Gasteiger partial charge in [-0.15, -0.1) is 17.6 Å². The van der Waals surface area contributed by atoms with E-state index in [0.29, 0.717) is 11.4 Å². The first-order valence-corrected chi connectivity index (χ1v) is 4.78. The number of benzene rings is 1. The standard InChI is InChI=1S/C12H6N4.Y/c1-2-5-10-9(4-1)13-8-12(15-10)11-6-3-7-14-16-11;/h1-5,7H;/q-2;. The number of fused-ring (bicyclic) bond motifs is 1.